The molecule has 2 heterocycles. The first-order chi connectivity index (χ1) is 15.1. The van der Waals surface area contributed by atoms with Gasteiger partial charge in [0.05, 0.1) is 20.8 Å². The molecule has 1 aromatic heterocycles. The van der Waals surface area contributed by atoms with Gasteiger partial charge in [0.25, 0.3) is 5.91 Å². The van der Waals surface area contributed by atoms with Gasteiger partial charge in [0, 0.05) is 22.4 Å². The summed E-state index contributed by atoms with van der Waals surface area (Å²) in [5.74, 6) is 2.76. The van der Waals surface area contributed by atoms with Gasteiger partial charge in [0.1, 0.15) is 23.1 Å². The quantitative estimate of drug-likeness (QED) is 0.300. The molecule has 0 bridgehead atoms. The van der Waals surface area contributed by atoms with Crippen LogP contribution in [0.15, 0.2) is 52.9 Å². The molecule has 0 spiro atoms. The van der Waals surface area contributed by atoms with Crippen molar-refractivity contribution in [2.45, 2.75) is 11.2 Å². The summed E-state index contributed by atoms with van der Waals surface area (Å²) in [6.07, 6.45) is 1.41. The summed E-state index contributed by atoms with van der Waals surface area (Å²) in [6.45, 7) is 0.294. The fraction of sp³-hybridized carbons (Fsp3) is 0.190. The summed E-state index contributed by atoms with van der Waals surface area (Å²) < 4.78 is 6.33. The topological polar surface area (TPSA) is 63.6 Å². The first-order valence-electron chi connectivity index (χ1n) is 9.28. The standard InChI is InChI=1S/C21H17Cl2N3O2S3/c22-16-2-1-3-17(23)15(16)10-24-26-20(27)18-12-31-19(25-18)11-28-14-6-4-13(5-7-14)21-29-8-9-30-21/h1-7,10,12,21H,8-9,11H2,(H,26,27)/b24-10+. The van der Waals surface area contributed by atoms with E-state index in [-0.39, 0.29) is 5.69 Å². The van der Waals surface area contributed by atoms with E-state index in [2.05, 4.69) is 27.6 Å². The van der Waals surface area contributed by atoms with Crippen LogP contribution >= 0.6 is 58.1 Å². The molecular formula is C21H17Cl2N3O2S3. The summed E-state index contributed by atoms with van der Waals surface area (Å²) in [6, 6.07) is 13.3. The number of hydrazone groups is 1. The molecule has 0 saturated carbocycles. The minimum absolute atomic E-state index is 0.275. The third-order valence-electron chi connectivity index (χ3n) is 4.28. The van der Waals surface area contributed by atoms with Gasteiger partial charge in [-0.25, -0.2) is 10.4 Å². The van der Waals surface area contributed by atoms with Crippen LogP contribution in [0.5, 0.6) is 5.75 Å². The zero-order chi connectivity index (χ0) is 21.6. The van der Waals surface area contributed by atoms with Crippen LogP contribution in [-0.4, -0.2) is 28.6 Å². The molecule has 1 fully saturated rings. The molecule has 0 radical (unpaired) electrons. The third-order valence-corrected chi connectivity index (χ3v) is 8.87. The Bertz CT molecular complexity index is 1060. The maximum atomic E-state index is 12.3. The zero-order valence-corrected chi connectivity index (χ0v) is 20.0. The number of thioether (sulfide) groups is 2. The molecule has 2 aromatic carbocycles. The summed E-state index contributed by atoms with van der Waals surface area (Å²) >= 11 is 17.5. The van der Waals surface area contributed by atoms with Gasteiger partial charge in [-0.05, 0) is 29.8 Å². The number of carbonyl (C=O) groups is 1. The number of halogens is 2. The fourth-order valence-electron chi connectivity index (χ4n) is 2.75. The van der Waals surface area contributed by atoms with Crippen molar-refractivity contribution >= 4 is 70.2 Å². The molecule has 3 aromatic rings. The highest BCUT2D eigenvalue weighted by atomic mass is 35.5. The first-order valence-corrected chi connectivity index (χ1v) is 13.0. The van der Waals surface area contributed by atoms with Crippen LogP contribution < -0.4 is 10.2 Å². The van der Waals surface area contributed by atoms with Crippen LogP contribution in [0.2, 0.25) is 10.0 Å². The average molecular weight is 510 g/mol. The van der Waals surface area contributed by atoms with E-state index in [1.54, 1.807) is 23.6 Å². The Hall–Kier alpha value is -1.71. The number of thiazole rings is 1. The van der Waals surface area contributed by atoms with Crippen molar-refractivity contribution in [3.05, 3.63) is 79.7 Å². The molecule has 1 saturated heterocycles. The van der Waals surface area contributed by atoms with E-state index in [1.807, 2.05) is 35.7 Å². The van der Waals surface area contributed by atoms with E-state index < -0.39 is 5.91 Å². The van der Waals surface area contributed by atoms with Crippen molar-refractivity contribution in [2.24, 2.45) is 5.10 Å². The molecule has 4 rings (SSSR count). The summed E-state index contributed by atoms with van der Waals surface area (Å²) in [5, 5.41) is 7.20. The Kier molecular flexibility index (Phi) is 7.79. The predicted octanol–water partition coefficient (Wildman–Crippen LogP) is 6.27. The number of ether oxygens (including phenoxy) is 1. The summed E-state index contributed by atoms with van der Waals surface area (Å²) in [7, 11) is 0. The third kappa shape index (κ3) is 5.96. The number of hydrogen-bond acceptors (Lipinski definition) is 7. The molecule has 31 heavy (non-hydrogen) atoms. The monoisotopic (exact) mass is 509 g/mol. The predicted molar refractivity (Wildman–Crippen MR) is 132 cm³/mol. The van der Waals surface area contributed by atoms with Crippen LogP contribution in [-0.2, 0) is 6.61 Å². The molecule has 1 aliphatic heterocycles. The number of rotatable bonds is 7. The SMILES string of the molecule is O=C(N/N=C/c1c(Cl)cccc1Cl)c1csc(COc2ccc(C3SCCS3)cc2)n1. The lowest BCUT2D eigenvalue weighted by atomic mass is 10.2. The average Bonchev–Trinajstić information content (AvgIpc) is 3.47. The van der Waals surface area contributed by atoms with Gasteiger partial charge in [-0.3, -0.25) is 4.79 Å². The van der Waals surface area contributed by atoms with Crippen LogP contribution in [0.1, 0.15) is 31.2 Å². The van der Waals surface area contributed by atoms with Crippen LogP contribution in [0.4, 0.5) is 0 Å². The normalized spacial score (nSPS) is 14.3. The highest BCUT2D eigenvalue weighted by molar-refractivity contribution is 8.19. The summed E-state index contributed by atoms with van der Waals surface area (Å²) in [4.78, 5) is 16.6. The second-order valence-electron chi connectivity index (χ2n) is 6.39. The first kappa shape index (κ1) is 22.5. The van der Waals surface area contributed by atoms with Crippen molar-refractivity contribution in [2.75, 3.05) is 11.5 Å². The van der Waals surface area contributed by atoms with E-state index in [0.29, 0.717) is 31.8 Å². The number of aromatic nitrogens is 1. The molecule has 0 atom stereocenters. The molecule has 0 aliphatic carbocycles. The molecule has 0 unspecified atom stereocenters. The van der Waals surface area contributed by atoms with Crippen molar-refractivity contribution in [3.63, 3.8) is 0 Å². The Labute approximate surface area is 202 Å². The maximum absolute atomic E-state index is 12.3. The molecule has 1 aliphatic rings. The van der Waals surface area contributed by atoms with Gasteiger partial charge in [-0.15, -0.1) is 34.9 Å². The number of nitrogens with one attached hydrogen (secondary N) is 1. The van der Waals surface area contributed by atoms with Gasteiger partial charge < -0.3 is 4.74 Å². The fourth-order valence-corrected chi connectivity index (χ4v) is 6.79. The van der Waals surface area contributed by atoms with Crippen LogP contribution in [0, 0.1) is 0 Å². The molecule has 1 N–H and O–H groups in total. The van der Waals surface area contributed by atoms with Gasteiger partial charge in [-0.2, -0.15) is 5.10 Å². The smallest absolute Gasteiger partial charge is 0.290 e. The van der Waals surface area contributed by atoms with Gasteiger partial charge in [0.15, 0.2) is 0 Å². The highest BCUT2D eigenvalue weighted by Gasteiger charge is 2.18. The summed E-state index contributed by atoms with van der Waals surface area (Å²) in [5.41, 5.74) is 4.56. The molecule has 10 heteroatoms. The van der Waals surface area contributed by atoms with Gasteiger partial charge in [-0.1, -0.05) is 41.4 Å². The Morgan fingerprint density at radius 1 is 1.16 bits per heavy atom. The molecular weight excluding hydrogens is 493 g/mol. The number of hydrogen-bond donors (Lipinski definition) is 1. The molecule has 160 valence electrons. The lowest BCUT2D eigenvalue weighted by molar-refractivity contribution is 0.0950. The largest absolute Gasteiger partial charge is 0.486 e. The van der Waals surface area contributed by atoms with Gasteiger partial charge in [0.2, 0.25) is 0 Å². The van der Waals surface area contributed by atoms with Crippen LogP contribution in [0.3, 0.4) is 0 Å². The Morgan fingerprint density at radius 3 is 2.58 bits per heavy atom. The zero-order valence-electron chi connectivity index (χ0n) is 16.1. The second-order valence-corrected chi connectivity index (χ2v) is 10.9. The van der Waals surface area contributed by atoms with Crippen molar-refractivity contribution in [1.82, 2.24) is 10.4 Å². The Morgan fingerprint density at radius 2 is 1.87 bits per heavy atom. The van der Waals surface area contributed by atoms with E-state index in [1.165, 1.54) is 34.6 Å². The van der Waals surface area contributed by atoms with E-state index in [9.17, 15) is 4.79 Å². The minimum atomic E-state index is -0.419. The van der Waals surface area contributed by atoms with Crippen molar-refractivity contribution in [3.8, 4) is 5.75 Å². The van der Waals surface area contributed by atoms with E-state index >= 15 is 0 Å². The number of carbonyl (C=O) groups excluding carboxylic acids is 1. The van der Waals surface area contributed by atoms with E-state index in [0.717, 1.165) is 5.75 Å². The lowest BCUT2D eigenvalue weighted by Crippen LogP contribution is -2.18. The maximum Gasteiger partial charge on any atom is 0.290 e. The minimum Gasteiger partial charge on any atom is -0.486 e. The van der Waals surface area contributed by atoms with E-state index in [4.69, 9.17) is 27.9 Å². The van der Waals surface area contributed by atoms with Gasteiger partial charge >= 0.3 is 0 Å². The number of nitrogens with zero attached hydrogens (tertiary/aromatic N) is 2. The Balaban J connectivity index is 1.29. The second kappa shape index (κ2) is 10.7. The number of amides is 1. The lowest BCUT2D eigenvalue weighted by Gasteiger charge is -2.09. The molecule has 5 nitrogen and oxygen atoms in total. The van der Waals surface area contributed by atoms with Crippen LogP contribution in [0.25, 0.3) is 0 Å². The highest BCUT2D eigenvalue weighted by Crippen LogP contribution is 2.45. The number of benzene rings is 2. The molecule has 1 amide bonds. The van der Waals surface area contributed by atoms with Crippen molar-refractivity contribution < 1.29 is 9.53 Å². The van der Waals surface area contributed by atoms with Crippen molar-refractivity contribution in [1.29, 1.82) is 0 Å².